The molecule has 10 heteroatoms. The van der Waals surface area contributed by atoms with Gasteiger partial charge in [-0.1, -0.05) is 53.5 Å². The number of benzene rings is 3. The van der Waals surface area contributed by atoms with E-state index in [4.69, 9.17) is 28.3 Å². The van der Waals surface area contributed by atoms with E-state index in [1.54, 1.807) is 60.7 Å². The van der Waals surface area contributed by atoms with Gasteiger partial charge >= 0.3 is 12.0 Å². The Morgan fingerprint density at radius 1 is 0.971 bits per heavy atom. The summed E-state index contributed by atoms with van der Waals surface area (Å²) in [5.41, 5.74) is 2.43. The maximum absolute atomic E-state index is 13.8. The molecule has 3 aromatic carbocycles. The molecular weight excluding hydrogens is 482 g/mol. The molecule has 0 unspecified atom stereocenters. The van der Waals surface area contributed by atoms with Gasteiger partial charge in [0.15, 0.2) is 0 Å². The predicted octanol–water partition coefficient (Wildman–Crippen LogP) is 6.26. The van der Waals surface area contributed by atoms with Crippen LogP contribution in [0.1, 0.15) is 5.56 Å². The molecule has 0 bridgehead atoms. The number of carbonyl (C=O) groups excluding carboxylic acids is 1. The Morgan fingerprint density at radius 2 is 1.71 bits per heavy atom. The largest absolute Gasteiger partial charge is 0.481 e. The number of amides is 2. The van der Waals surface area contributed by atoms with E-state index in [2.05, 4.69) is 15.7 Å². The second-order valence-electron chi connectivity index (χ2n) is 7.25. The Kier molecular flexibility index (Phi) is 6.81. The first-order valence-electron chi connectivity index (χ1n) is 9.99. The van der Waals surface area contributed by atoms with Gasteiger partial charge in [-0.25, -0.2) is 13.9 Å². The van der Waals surface area contributed by atoms with Crippen LogP contribution >= 0.6 is 23.2 Å². The van der Waals surface area contributed by atoms with Crippen molar-refractivity contribution in [3.63, 3.8) is 0 Å². The molecule has 0 aliphatic heterocycles. The SMILES string of the molecule is O=C(O)Cc1ccc(-n2nc(-c3cccc(F)c3)cc2NC(=O)Nc2cccc(Cl)c2Cl)cc1. The fraction of sp³-hybridized carbons (Fsp3) is 0.0417. The molecule has 0 fully saturated rings. The average molecular weight is 499 g/mol. The topological polar surface area (TPSA) is 96.2 Å². The van der Waals surface area contributed by atoms with Crippen molar-refractivity contribution in [2.75, 3.05) is 10.6 Å². The second kappa shape index (κ2) is 9.94. The number of nitrogens with one attached hydrogen (secondary N) is 2. The highest BCUT2D eigenvalue weighted by Crippen LogP contribution is 2.30. The smallest absolute Gasteiger partial charge is 0.324 e. The van der Waals surface area contributed by atoms with E-state index < -0.39 is 17.8 Å². The van der Waals surface area contributed by atoms with Gasteiger partial charge in [-0.15, -0.1) is 0 Å². The number of hydrogen-bond acceptors (Lipinski definition) is 3. The standard InChI is InChI=1S/C24H17Cl2FN4O3/c25-18-5-2-6-19(23(18)26)28-24(34)29-21-13-20(15-3-1-4-16(27)12-15)30-31(21)17-9-7-14(8-10-17)11-22(32)33/h1-10,12-13H,11H2,(H,32,33)(H2,28,29,34). The zero-order valence-electron chi connectivity index (χ0n) is 17.4. The Bertz CT molecular complexity index is 1370. The number of rotatable bonds is 6. The molecule has 4 aromatic rings. The summed E-state index contributed by atoms with van der Waals surface area (Å²) in [7, 11) is 0. The van der Waals surface area contributed by atoms with Crippen LogP contribution in [0, 0.1) is 5.82 Å². The van der Waals surface area contributed by atoms with E-state index in [-0.39, 0.29) is 11.4 Å². The summed E-state index contributed by atoms with van der Waals surface area (Å²) in [6, 6.07) is 18.4. The third-order valence-electron chi connectivity index (χ3n) is 4.81. The molecule has 1 heterocycles. The molecule has 0 saturated carbocycles. The highest BCUT2D eigenvalue weighted by Gasteiger charge is 2.16. The summed E-state index contributed by atoms with van der Waals surface area (Å²) in [6.07, 6.45) is -0.123. The van der Waals surface area contributed by atoms with Gasteiger partial charge in [-0.2, -0.15) is 5.10 Å². The molecule has 172 valence electrons. The maximum atomic E-state index is 13.8. The van der Waals surface area contributed by atoms with Crippen LogP contribution in [0.5, 0.6) is 0 Å². The first-order valence-corrected chi connectivity index (χ1v) is 10.7. The number of urea groups is 1. The number of nitrogens with zero attached hydrogens (tertiary/aromatic N) is 2. The molecule has 0 spiro atoms. The van der Waals surface area contributed by atoms with E-state index in [1.807, 2.05) is 0 Å². The van der Waals surface area contributed by atoms with E-state index in [1.165, 1.54) is 16.8 Å². The molecule has 3 N–H and O–H groups in total. The lowest BCUT2D eigenvalue weighted by molar-refractivity contribution is -0.136. The van der Waals surface area contributed by atoms with E-state index >= 15 is 0 Å². The number of carbonyl (C=O) groups is 2. The molecule has 2 amide bonds. The second-order valence-corrected chi connectivity index (χ2v) is 8.04. The molecule has 34 heavy (non-hydrogen) atoms. The van der Waals surface area contributed by atoms with Crippen molar-refractivity contribution in [3.8, 4) is 16.9 Å². The monoisotopic (exact) mass is 498 g/mol. The molecule has 0 aliphatic carbocycles. The Labute approximate surface area is 203 Å². The summed E-state index contributed by atoms with van der Waals surface area (Å²) in [4.78, 5) is 23.7. The van der Waals surface area contributed by atoms with Gasteiger partial charge in [0.05, 0.1) is 33.5 Å². The predicted molar refractivity (Wildman–Crippen MR) is 129 cm³/mol. The number of anilines is 2. The fourth-order valence-electron chi connectivity index (χ4n) is 3.26. The third-order valence-corrected chi connectivity index (χ3v) is 5.63. The summed E-state index contributed by atoms with van der Waals surface area (Å²) < 4.78 is 15.2. The van der Waals surface area contributed by atoms with Gasteiger partial charge in [-0.3, -0.25) is 10.1 Å². The van der Waals surface area contributed by atoms with Crippen molar-refractivity contribution >= 4 is 46.7 Å². The molecule has 0 aliphatic rings. The van der Waals surface area contributed by atoms with Gasteiger partial charge in [-0.05, 0) is 42.0 Å². The van der Waals surface area contributed by atoms with Crippen LogP contribution in [-0.4, -0.2) is 26.9 Å². The number of halogens is 3. The lowest BCUT2D eigenvalue weighted by atomic mass is 10.1. The number of aromatic nitrogens is 2. The first-order chi connectivity index (χ1) is 16.3. The Balaban J connectivity index is 1.67. The lowest BCUT2D eigenvalue weighted by Crippen LogP contribution is -2.21. The molecule has 0 saturated heterocycles. The Morgan fingerprint density at radius 3 is 2.41 bits per heavy atom. The Hall–Kier alpha value is -3.88. The van der Waals surface area contributed by atoms with Gasteiger partial charge in [0.1, 0.15) is 11.6 Å². The maximum Gasteiger partial charge on any atom is 0.324 e. The summed E-state index contributed by atoms with van der Waals surface area (Å²) >= 11 is 12.2. The zero-order valence-corrected chi connectivity index (χ0v) is 18.9. The highest BCUT2D eigenvalue weighted by molar-refractivity contribution is 6.44. The summed E-state index contributed by atoms with van der Waals surface area (Å²) in [6.45, 7) is 0. The van der Waals surface area contributed by atoms with E-state index in [9.17, 15) is 14.0 Å². The van der Waals surface area contributed by atoms with E-state index in [0.29, 0.717) is 39.0 Å². The van der Waals surface area contributed by atoms with Crippen LogP contribution in [0.15, 0.2) is 72.8 Å². The quantitative estimate of drug-likeness (QED) is 0.292. The van der Waals surface area contributed by atoms with Crippen molar-refractivity contribution in [2.24, 2.45) is 0 Å². The summed E-state index contributed by atoms with van der Waals surface area (Å²) in [5, 5.41) is 19.3. The molecule has 7 nitrogen and oxygen atoms in total. The fourth-order valence-corrected chi connectivity index (χ4v) is 3.60. The third kappa shape index (κ3) is 5.36. The molecule has 0 radical (unpaired) electrons. The van der Waals surface area contributed by atoms with Crippen LogP contribution in [0.25, 0.3) is 16.9 Å². The summed E-state index contributed by atoms with van der Waals surface area (Å²) in [5.74, 6) is -1.08. The van der Waals surface area contributed by atoms with Crippen LogP contribution in [-0.2, 0) is 11.2 Å². The van der Waals surface area contributed by atoms with Crippen LogP contribution in [0.4, 0.5) is 20.7 Å². The number of carboxylic acid groups (broad SMARTS) is 1. The molecule has 1 aromatic heterocycles. The van der Waals surface area contributed by atoms with Gasteiger partial charge < -0.3 is 10.4 Å². The molecule has 0 atom stereocenters. The van der Waals surface area contributed by atoms with Crippen molar-refractivity contribution in [2.45, 2.75) is 6.42 Å². The van der Waals surface area contributed by atoms with Crippen molar-refractivity contribution in [1.82, 2.24) is 9.78 Å². The van der Waals surface area contributed by atoms with Crippen molar-refractivity contribution in [1.29, 1.82) is 0 Å². The van der Waals surface area contributed by atoms with Crippen LogP contribution in [0.2, 0.25) is 10.0 Å². The van der Waals surface area contributed by atoms with Crippen molar-refractivity contribution in [3.05, 3.63) is 94.2 Å². The van der Waals surface area contributed by atoms with E-state index in [0.717, 1.165) is 0 Å². The van der Waals surface area contributed by atoms with Crippen LogP contribution < -0.4 is 10.6 Å². The number of aliphatic carboxylic acids is 1. The molecular formula is C24H17Cl2FN4O3. The minimum Gasteiger partial charge on any atom is -0.481 e. The molecule has 4 rings (SSSR count). The first kappa shape index (κ1) is 23.3. The van der Waals surface area contributed by atoms with Crippen LogP contribution in [0.3, 0.4) is 0 Å². The van der Waals surface area contributed by atoms with Gasteiger partial charge in [0.25, 0.3) is 0 Å². The minimum atomic E-state index is -0.945. The number of hydrogen-bond donors (Lipinski definition) is 3. The van der Waals surface area contributed by atoms with Gasteiger partial charge in [0, 0.05) is 11.6 Å². The average Bonchev–Trinajstić information content (AvgIpc) is 3.21. The lowest BCUT2D eigenvalue weighted by Gasteiger charge is -2.11. The van der Waals surface area contributed by atoms with Crippen molar-refractivity contribution < 1.29 is 19.1 Å². The minimum absolute atomic E-state index is 0.123. The zero-order chi connectivity index (χ0) is 24.2. The highest BCUT2D eigenvalue weighted by atomic mass is 35.5. The number of carboxylic acids is 1. The van der Waals surface area contributed by atoms with Gasteiger partial charge in [0.2, 0.25) is 0 Å². The normalized spacial score (nSPS) is 10.7.